The van der Waals surface area contributed by atoms with Gasteiger partial charge in [0, 0.05) is 10.4 Å². The first-order valence-corrected chi connectivity index (χ1v) is 8.14. The monoisotopic (exact) mass is 331 g/mol. The van der Waals surface area contributed by atoms with Crippen molar-refractivity contribution >= 4 is 28.3 Å². The summed E-state index contributed by atoms with van der Waals surface area (Å²) in [7, 11) is 1.57. The lowest BCUT2D eigenvalue weighted by Crippen LogP contribution is -2.24. The van der Waals surface area contributed by atoms with Crippen LogP contribution in [-0.2, 0) is 11.2 Å². The normalized spacial score (nSPS) is 16.5. The number of aromatic nitrogens is 1. The van der Waals surface area contributed by atoms with Crippen LogP contribution in [0.2, 0.25) is 0 Å². The number of thiazole rings is 1. The van der Waals surface area contributed by atoms with Gasteiger partial charge in [-0.25, -0.2) is 4.98 Å². The summed E-state index contributed by atoms with van der Waals surface area (Å²) in [6, 6.07) is 6.83. The molecule has 1 aliphatic rings. The topological polar surface area (TPSA) is 94.3 Å². The third-order valence-electron chi connectivity index (χ3n) is 3.87. The van der Waals surface area contributed by atoms with Crippen molar-refractivity contribution in [3.8, 4) is 5.75 Å². The number of primary amides is 1. The first kappa shape index (κ1) is 15.5. The van der Waals surface area contributed by atoms with Crippen molar-refractivity contribution in [1.29, 1.82) is 0 Å². The molecule has 7 heteroatoms. The fraction of sp³-hybridized carbons (Fsp3) is 0.312. The van der Waals surface area contributed by atoms with Gasteiger partial charge in [0.05, 0.1) is 18.7 Å². The number of carbonyl (C=O) groups excluding carboxylic acids is 2. The number of aryl methyl sites for hydroxylation is 1. The highest BCUT2D eigenvalue weighted by atomic mass is 32.1. The highest BCUT2D eigenvalue weighted by molar-refractivity contribution is 7.15. The van der Waals surface area contributed by atoms with Gasteiger partial charge in [-0.05, 0) is 43.5 Å². The van der Waals surface area contributed by atoms with E-state index in [0.29, 0.717) is 16.4 Å². The second-order valence-corrected chi connectivity index (χ2v) is 6.44. The number of rotatable bonds is 4. The third-order valence-corrected chi connectivity index (χ3v) is 4.92. The Morgan fingerprint density at radius 1 is 1.35 bits per heavy atom. The molecule has 2 amide bonds. The van der Waals surface area contributed by atoms with Crippen molar-refractivity contribution in [2.24, 2.45) is 5.73 Å². The second kappa shape index (κ2) is 6.37. The molecule has 2 aromatic rings. The standard InChI is InChI=1S/C16H17N3O3S/c1-22-10-7-5-9(6-8-10)15(21)19-16-18-13-11(14(17)20)3-2-4-12(13)23-16/h5-8,11H,2-4H2,1H3,(H2,17,20)(H,18,19,21). The lowest BCUT2D eigenvalue weighted by molar-refractivity contribution is -0.119. The average Bonchev–Trinajstić information content (AvgIpc) is 2.96. The van der Waals surface area contributed by atoms with Crippen LogP contribution in [0, 0.1) is 0 Å². The zero-order chi connectivity index (χ0) is 16.4. The number of ether oxygens (including phenoxy) is 1. The Labute approximate surface area is 137 Å². The number of amides is 2. The molecule has 0 fully saturated rings. The van der Waals surface area contributed by atoms with Gasteiger partial charge in [-0.3, -0.25) is 14.9 Å². The fourth-order valence-corrected chi connectivity index (χ4v) is 3.72. The van der Waals surface area contributed by atoms with E-state index in [9.17, 15) is 9.59 Å². The summed E-state index contributed by atoms with van der Waals surface area (Å²) in [5, 5.41) is 3.29. The van der Waals surface area contributed by atoms with E-state index < -0.39 is 0 Å². The number of carbonyl (C=O) groups is 2. The minimum Gasteiger partial charge on any atom is -0.497 e. The molecule has 1 atom stereocenters. The summed E-state index contributed by atoms with van der Waals surface area (Å²) in [6.45, 7) is 0. The quantitative estimate of drug-likeness (QED) is 0.899. The van der Waals surface area contributed by atoms with Crippen molar-refractivity contribution in [2.75, 3.05) is 12.4 Å². The Hall–Kier alpha value is -2.41. The molecule has 23 heavy (non-hydrogen) atoms. The number of hydrogen-bond donors (Lipinski definition) is 2. The SMILES string of the molecule is COc1ccc(C(=O)Nc2nc3c(s2)CCCC3C(N)=O)cc1. The van der Waals surface area contributed by atoms with Crippen LogP contribution in [0.25, 0.3) is 0 Å². The Morgan fingerprint density at radius 2 is 2.09 bits per heavy atom. The predicted molar refractivity (Wildman–Crippen MR) is 87.9 cm³/mol. The van der Waals surface area contributed by atoms with Crippen LogP contribution in [0.5, 0.6) is 5.75 Å². The van der Waals surface area contributed by atoms with Gasteiger partial charge in [-0.15, -0.1) is 11.3 Å². The number of nitrogens with one attached hydrogen (secondary N) is 1. The molecule has 120 valence electrons. The van der Waals surface area contributed by atoms with Crippen molar-refractivity contribution in [3.63, 3.8) is 0 Å². The van der Waals surface area contributed by atoms with E-state index in [0.717, 1.165) is 29.8 Å². The van der Waals surface area contributed by atoms with Gasteiger partial charge in [0.1, 0.15) is 5.75 Å². The van der Waals surface area contributed by atoms with Crippen molar-refractivity contribution < 1.29 is 14.3 Å². The zero-order valence-electron chi connectivity index (χ0n) is 12.7. The summed E-state index contributed by atoms with van der Waals surface area (Å²) >= 11 is 1.41. The molecule has 1 aromatic carbocycles. The molecule has 1 aliphatic carbocycles. The average molecular weight is 331 g/mol. The van der Waals surface area contributed by atoms with Gasteiger partial charge in [-0.1, -0.05) is 0 Å². The summed E-state index contributed by atoms with van der Waals surface area (Å²) in [4.78, 5) is 29.2. The van der Waals surface area contributed by atoms with Gasteiger partial charge < -0.3 is 10.5 Å². The number of methoxy groups -OCH3 is 1. The zero-order valence-corrected chi connectivity index (χ0v) is 13.5. The molecule has 6 nitrogen and oxygen atoms in total. The van der Waals surface area contributed by atoms with Gasteiger partial charge in [0.2, 0.25) is 5.91 Å². The number of anilines is 1. The number of nitrogens with zero attached hydrogens (tertiary/aromatic N) is 1. The van der Waals surface area contributed by atoms with E-state index in [4.69, 9.17) is 10.5 Å². The molecule has 0 saturated heterocycles. The molecule has 0 radical (unpaired) electrons. The van der Waals surface area contributed by atoms with E-state index in [1.54, 1.807) is 31.4 Å². The fourth-order valence-electron chi connectivity index (χ4n) is 2.66. The number of hydrogen-bond acceptors (Lipinski definition) is 5. The maximum Gasteiger partial charge on any atom is 0.257 e. The Bertz CT molecular complexity index is 740. The first-order chi connectivity index (χ1) is 11.1. The largest absolute Gasteiger partial charge is 0.497 e. The van der Waals surface area contributed by atoms with Gasteiger partial charge in [-0.2, -0.15) is 0 Å². The lowest BCUT2D eigenvalue weighted by atomic mass is 9.91. The van der Waals surface area contributed by atoms with Crippen LogP contribution in [0.15, 0.2) is 24.3 Å². The lowest BCUT2D eigenvalue weighted by Gasteiger charge is -2.17. The maximum atomic E-state index is 12.3. The molecule has 3 rings (SSSR count). The maximum absolute atomic E-state index is 12.3. The molecule has 3 N–H and O–H groups in total. The summed E-state index contributed by atoms with van der Waals surface area (Å²) in [5.74, 6) is -0.254. The Kier molecular flexibility index (Phi) is 4.29. The molecular weight excluding hydrogens is 314 g/mol. The van der Waals surface area contributed by atoms with E-state index in [2.05, 4.69) is 10.3 Å². The van der Waals surface area contributed by atoms with Crippen LogP contribution in [0.1, 0.15) is 39.7 Å². The van der Waals surface area contributed by atoms with E-state index in [1.165, 1.54) is 11.3 Å². The van der Waals surface area contributed by atoms with Crippen molar-refractivity contribution in [2.45, 2.75) is 25.2 Å². The molecule has 0 spiro atoms. The van der Waals surface area contributed by atoms with Crippen LogP contribution < -0.4 is 15.8 Å². The molecular formula is C16H17N3O3S. The third kappa shape index (κ3) is 3.19. The van der Waals surface area contributed by atoms with E-state index in [-0.39, 0.29) is 17.7 Å². The highest BCUT2D eigenvalue weighted by Crippen LogP contribution is 2.36. The van der Waals surface area contributed by atoms with Gasteiger partial charge in [0.15, 0.2) is 5.13 Å². The molecule has 1 heterocycles. The molecule has 0 bridgehead atoms. The van der Waals surface area contributed by atoms with Crippen LogP contribution >= 0.6 is 11.3 Å². The first-order valence-electron chi connectivity index (χ1n) is 7.33. The van der Waals surface area contributed by atoms with Crippen molar-refractivity contribution in [1.82, 2.24) is 4.98 Å². The smallest absolute Gasteiger partial charge is 0.257 e. The van der Waals surface area contributed by atoms with Gasteiger partial charge >= 0.3 is 0 Å². The minimum atomic E-state index is -0.357. The van der Waals surface area contributed by atoms with Crippen LogP contribution in [-0.4, -0.2) is 23.9 Å². The number of nitrogens with two attached hydrogens (primary N) is 1. The van der Waals surface area contributed by atoms with Crippen LogP contribution in [0.4, 0.5) is 5.13 Å². The molecule has 0 aliphatic heterocycles. The minimum absolute atomic E-state index is 0.241. The Morgan fingerprint density at radius 3 is 2.74 bits per heavy atom. The highest BCUT2D eigenvalue weighted by Gasteiger charge is 2.29. The van der Waals surface area contributed by atoms with Gasteiger partial charge in [0.25, 0.3) is 5.91 Å². The summed E-state index contributed by atoms with van der Waals surface area (Å²) in [6.07, 6.45) is 2.50. The van der Waals surface area contributed by atoms with E-state index in [1.807, 2.05) is 0 Å². The van der Waals surface area contributed by atoms with Crippen LogP contribution in [0.3, 0.4) is 0 Å². The summed E-state index contributed by atoms with van der Waals surface area (Å²) < 4.78 is 5.07. The molecule has 1 unspecified atom stereocenters. The molecule has 0 saturated carbocycles. The predicted octanol–water partition coefficient (Wildman–Crippen LogP) is 2.31. The Balaban J connectivity index is 1.78. The number of fused-ring (bicyclic) bond motifs is 1. The summed E-state index contributed by atoms with van der Waals surface area (Å²) in [5.41, 5.74) is 6.68. The van der Waals surface area contributed by atoms with Crippen molar-refractivity contribution in [3.05, 3.63) is 40.4 Å². The van der Waals surface area contributed by atoms with E-state index >= 15 is 0 Å². The number of benzene rings is 1. The molecule has 1 aromatic heterocycles. The second-order valence-electron chi connectivity index (χ2n) is 5.36.